The van der Waals surface area contributed by atoms with Gasteiger partial charge in [0.05, 0.1) is 11.2 Å². The molecule has 21 heavy (non-hydrogen) atoms. The number of halogens is 1. The highest BCUT2D eigenvalue weighted by Gasteiger charge is 2.24. The van der Waals surface area contributed by atoms with Crippen LogP contribution in [0.5, 0.6) is 0 Å². The second kappa shape index (κ2) is 6.20. The van der Waals surface area contributed by atoms with Crippen molar-refractivity contribution in [2.75, 3.05) is 17.7 Å². The average molecular weight is 352 g/mol. The summed E-state index contributed by atoms with van der Waals surface area (Å²) in [5.41, 5.74) is 8.58. The van der Waals surface area contributed by atoms with Crippen LogP contribution in [-0.4, -0.2) is 22.7 Å². The van der Waals surface area contributed by atoms with Gasteiger partial charge in [-0.3, -0.25) is 4.98 Å². The van der Waals surface area contributed by atoms with E-state index in [0.29, 0.717) is 12.1 Å². The molecule has 1 aromatic carbocycles. The summed E-state index contributed by atoms with van der Waals surface area (Å²) in [4.78, 5) is 4.48. The normalized spacial score (nSPS) is 13.4. The summed E-state index contributed by atoms with van der Waals surface area (Å²) >= 11 is 3.43. The highest BCUT2D eigenvalue weighted by molar-refractivity contribution is 9.10. The number of fused-ring (bicyclic) bond motifs is 1. The Hall–Kier alpha value is -1.33. The number of benzene rings is 1. The maximum absolute atomic E-state index is 9.29. The van der Waals surface area contributed by atoms with E-state index in [9.17, 15) is 5.11 Å². The number of aliphatic hydroxyl groups is 1. The standard InChI is InChI=1S/C16H22BrN3O/c1-16(2,3)14(6-7-21)20-13-5-4-12(18)11-8-10(17)9-19-15(11)13/h4-5,8-9,14,20-21H,6-7,18H2,1-3H3. The highest BCUT2D eigenvalue weighted by atomic mass is 79.9. The van der Waals surface area contributed by atoms with E-state index in [1.165, 1.54) is 0 Å². The SMILES string of the molecule is CC(C)(C)C(CCO)Nc1ccc(N)c2cc(Br)cnc12. The lowest BCUT2D eigenvalue weighted by atomic mass is 9.84. The van der Waals surface area contributed by atoms with Gasteiger partial charge in [0.15, 0.2) is 0 Å². The zero-order chi connectivity index (χ0) is 15.6. The van der Waals surface area contributed by atoms with Crippen molar-refractivity contribution in [3.63, 3.8) is 0 Å². The molecule has 1 heterocycles. The molecule has 114 valence electrons. The van der Waals surface area contributed by atoms with Gasteiger partial charge < -0.3 is 16.2 Å². The lowest BCUT2D eigenvalue weighted by Crippen LogP contribution is -2.35. The largest absolute Gasteiger partial charge is 0.398 e. The van der Waals surface area contributed by atoms with Gasteiger partial charge in [-0.15, -0.1) is 0 Å². The van der Waals surface area contributed by atoms with Crippen molar-refractivity contribution < 1.29 is 5.11 Å². The Morgan fingerprint density at radius 2 is 2.10 bits per heavy atom. The number of nitrogens with two attached hydrogens (primary N) is 1. The Bertz CT molecular complexity index is 637. The quantitative estimate of drug-likeness (QED) is 0.732. The van der Waals surface area contributed by atoms with Gasteiger partial charge >= 0.3 is 0 Å². The van der Waals surface area contributed by atoms with Crippen LogP contribution in [0.4, 0.5) is 11.4 Å². The van der Waals surface area contributed by atoms with Gasteiger partial charge in [0.1, 0.15) is 0 Å². The minimum Gasteiger partial charge on any atom is -0.398 e. The van der Waals surface area contributed by atoms with Crippen molar-refractivity contribution >= 4 is 38.2 Å². The first kappa shape index (κ1) is 16.0. The highest BCUT2D eigenvalue weighted by Crippen LogP contribution is 2.32. The summed E-state index contributed by atoms with van der Waals surface area (Å²) in [6.07, 6.45) is 2.46. The van der Waals surface area contributed by atoms with E-state index in [1.807, 2.05) is 18.2 Å². The summed E-state index contributed by atoms with van der Waals surface area (Å²) in [5, 5.41) is 13.7. The Kier molecular flexibility index (Phi) is 4.74. The Balaban J connectivity index is 2.44. The third-order valence-electron chi connectivity index (χ3n) is 3.64. The predicted molar refractivity (Wildman–Crippen MR) is 92.4 cm³/mol. The fourth-order valence-corrected chi connectivity index (χ4v) is 2.70. The zero-order valence-corrected chi connectivity index (χ0v) is 14.2. The first-order valence-electron chi connectivity index (χ1n) is 7.04. The van der Waals surface area contributed by atoms with E-state index in [-0.39, 0.29) is 18.1 Å². The third kappa shape index (κ3) is 3.66. The minimum absolute atomic E-state index is 0.0335. The Morgan fingerprint density at radius 1 is 1.38 bits per heavy atom. The number of aliphatic hydroxyl groups excluding tert-OH is 1. The van der Waals surface area contributed by atoms with E-state index in [2.05, 4.69) is 47.0 Å². The van der Waals surface area contributed by atoms with Crippen LogP contribution in [-0.2, 0) is 0 Å². The van der Waals surface area contributed by atoms with Crippen molar-refractivity contribution in [2.45, 2.75) is 33.2 Å². The van der Waals surface area contributed by atoms with E-state index in [1.54, 1.807) is 6.20 Å². The molecule has 1 aromatic heterocycles. The monoisotopic (exact) mass is 351 g/mol. The van der Waals surface area contributed by atoms with Gasteiger partial charge in [-0.2, -0.15) is 0 Å². The second-order valence-electron chi connectivity index (χ2n) is 6.33. The van der Waals surface area contributed by atoms with Crippen LogP contribution in [0.15, 0.2) is 28.9 Å². The van der Waals surface area contributed by atoms with Gasteiger partial charge in [0, 0.05) is 34.4 Å². The second-order valence-corrected chi connectivity index (χ2v) is 7.24. The van der Waals surface area contributed by atoms with Gasteiger partial charge in [-0.25, -0.2) is 0 Å². The minimum atomic E-state index is 0.0335. The third-order valence-corrected chi connectivity index (χ3v) is 4.08. The molecular formula is C16H22BrN3O. The van der Waals surface area contributed by atoms with E-state index in [4.69, 9.17) is 5.73 Å². The number of anilines is 2. The lowest BCUT2D eigenvalue weighted by Gasteiger charge is -2.32. The number of rotatable bonds is 4. The molecule has 0 fully saturated rings. The van der Waals surface area contributed by atoms with Crippen molar-refractivity contribution in [2.24, 2.45) is 5.41 Å². The summed E-state index contributed by atoms with van der Waals surface area (Å²) in [7, 11) is 0. The molecule has 1 atom stereocenters. The molecule has 4 N–H and O–H groups in total. The molecule has 0 saturated heterocycles. The first-order valence-corrected chi connectivity index (χ1v) is 7.83. The van der Waals surface area contributed by atoms with Crippen molar-refractivity contribution in [1.29, 1.82) is 0 Å². The van der Waals surface area contributed by atoms with Crippen LogP contribution in [0.3, 0.4) is 0 Å². The Labute approximate surface area is 133 Å². The first-order chi connectivity index (χ1) is 9.82. The fourth-order valence-electron chi connectivity index (χ4n) is 2.37. The molecule has 0 amide bonds. The molecule has 0 bridgehead atoms. The van der Waals surface area contributed by atoms with Crippen LogP contribution in [0, 0.1) is 5.41 Å². The lowest BCUT2D eigenvalue weighted by molar-refractivity contribution is 0.235. The van der Waals surface area contributed by atoms with Gasteiger partial charge in [-0.05, 0) is 46.0 Å². The number of nitrogens with zero attached hydrogens (tertiary/aromatic N) is 1. The van der Waals surface area contributed by atoms with Crippen molar-refractivity contribution in [3.8, 4) is 0 Å². The van der Waals surface area contributed by atoms with E-state index in [0.717, 1.165) is 21.1 Å². The molecule has 0 spiro atoms. The van der Waals surface area contributed by atoms with Crippen molar-refractivity contribution in [1.82, 2.24) is 4.98 Å². The molecule has 0 aliphatic rings. The molecule has 0 aliphatic heterocycles. The molecule has 4 nitrogen and oxygen atoms in total. The Morgan fingerprint density at radius 3 is 2.71 bits per heavy atom. The van der Waals surface area contributed by atoms with E-state index < -0.39 is 0 Å². The predicted octanol–water partition coefficient (Wildman–Crippen LogP) is 3.79. The summed E-state index contributed by atoms with van der Waals surface area (Å²) in [6.45, 7) is 6.62. The number of hydrogen-bond donors (Lipinski definition) is 3. The molecule has 0 radical (unpaired) electrons. The maximum Gasteiger partial charge on any atom is 0.0954 e. The van der Waals surface area contributed by atoms with E-state index >= 15 is 0 Å². The smallest absolute Gasteiger partial charge is 0.0954 e. The zero-order valence-electron chi connectivity index (χ0n) is 12.7. The number of pyridine rings is 1. The summed E-state index contributed by atoms with van der Waals surface area (Å²) < 4.78 is 0.904. The average Bonchev–Trinajstić information content (AvgIpc) is 2.40. The molecule has 2 rings (SSSR count). The number of nitrogens with one attached hydrogen (secondary N) is 1. The molecule has 5 heteroatoms. The van der Waals surface area contributed by atoms with Crippen LogP contribution in [0.25, 0.3) is 10.9 Å². The number of nitrogen functional groups attached to an aromatic ring is 1. The van der Waals surface area contributed by atoms with Crippen LogP contribution in [0.2, 0.25) is 0 Å². The summed E-state index contributed by atoms with van der Waals surface area (Å²) in [6, 6.07) is 5.97. The van der Waals surface area contributed by atoms with Crippen LogP contribution in [0.1, 0.15) is 27.2 Å². The van der Waals surface area contributed by atoms with Crippen molar-refractivity contribution in [3.05, 3.63) is 28.9 Å². The number of hydrogen-bond acceptors (Lipinski definition) is 4. The molecular weight excluding hydrogens is 330 g/mol. The molecule has 0 saturated carbocycles. The topological polar surface area (TPSA) is 71.2 Å². The fraction of sp³-hybridized carbons (Fsp3) is 0.438. The van der Waals surface area contributed by atoms with Crippen LogP contribution >= 0.6 is 15.9 Å². The van der Waals surface area contributed by atoms with Gasteiger partial charge in [0.2, 0.25) is 0 Å². The molecule has 0 aliphatic carbocycles. The maximum atomic E-state index is 9.29. The molecule has 2 aromatic rings. The summed E-state index contributed by atoms with van der Waals surface area (Å²) in [5.74, 6) is 0. The molecule has 1 unspecified atom stereocenters. The van der Waals surface area contributed by atoms with Crippen LogP contribution < -0.4 is 11.1 Å². The van der Waals surface area contributed by atoms with Gasteiger partial charge in [0.25, 0.3) is 0 Å². The van der Waals surface area contributed by atoms with Gasteiger partial charge in [-0.1, -0.05) is 20.8 Å². The number of aromatic nitrogens is 1.